The van der Waals surface area contributed by atoms with Crippen molar-refractivity contribution in [3.63, 3.8) is 0 Å². The second-order valence-electron chi connectivity index (χ2n) is 6.05. The molecule has 0 unspecified atom stereocenters. The van der Waals surface area contributed by atoms with Gasteiger partial charge < -0.3 is 0 Å². The van der Waals surface area contributed by atoms with E-state index in [1.54, 1.807) is 24.3 Å². The van der Waals surface area contributed by atoms with Crippen LogP contribution in [0.5, 0.6) is 0 Å². The van der Waals surface area contributed by atoms with Gasteiger partial charge in [0.05, 0.1) is 16.9 Å². The number of aryl methyl sites for hydroxylation is 1. The number of halogens is 2. The molecular formula is C18H17F2N3O2S. The second kappa shape index (κ2) is 6.62. The molecule has 0 bridgehead atoms. The fourth-order valence-corrected chi connectivity index (χ4v) is 3.15. The van der Waals surface area contributed by atoms with E-state index in [0.29, 0.717) is 11.2 Å². The molecule has 5 nitrogen and oxygen atoms in total. The van der Waals surface area contributed by atoms with Crippen LogP contribution >= 0.6 is 0 Å². The summed E-state index contributed by atoms with van der Waals surface area (Å²) in [6.45, 7) is 1.83. The molecule has 1 aromatic heterocycles. The van der Waals surface area contributed by atoms with Gasteiger partial charge in [-0.1, -0.05) is 12.1 Å². The van der Waals surface area contributed by atoms with Crippen molar-refractivity contribution in [3.8, 4) is 11.3 Å². The van der Waals surface area contributed by atoms with Crippen molar-refractivity contribution in [1.82, 2.24) is 9.29 Å². The van der Waals surface area contributed by atoms with Crippen molar-refractivity contribution in [2.45, 2.75) is 6.92 Å². The SMILES string of the molecule is Cc1cc(-c2cccc(F)c2F)nc2cc(NS(=O)(=O)N(C)C)ccc12. The van der Waals surface area contributed by atoms with Gasteiger partial charge in [-0.3, -0.25) is 4.72 Å². The molecule has 1 heterocycles. The van der Waals surface area contributed by atoms with Crippen LogP contribution in [-0.2, 0) is 10.2 Å². The minimum absolute atomic E-state index is 0.0503. The molecule has 1 N–H and O–H groups in total. The van der Waals surface area contributed by atoms with Crippen LogP contribution in [0.15, 0.2) is 42.5 Å². The molecule has 0 saturated carbocycles. The third kappa shape index (κ3) is 3.38. The Kier molecular flexibility index (Phi) is 4.64. The van der Waals surface area contributed by atoms with Gasteiger partial charge in [-0.2, -0.15) is 12.7 Å². The van der Waals surface area contributed by atoms with Gasteiger partial charge in [0.15, 0.2) is 11.6 Å². The number of pyridine rings is 1. The maximum absolute atomic E-state index is 14.1. The Bertz CT molecular complexity index is 1100. The van der Waals surface area contributed by atoms with E-state index < -0.39 is 21.8 Å². The number of benzene rings is 2. The average Bonchev–Trinajstić information content (AvgIpc) is 2.56. The molecular weight excluding hydrogens is 360 g/mol. The Balaban J connectivity index is 2.13. The molecule has 0 aliphatic heterocycles. The highest BCUT2D eigenvalue weighted by Crippen LogP contribution is 2.29. The van der Waals surface area contributed by atoms with Crippen molar-refractivity contribution >= 4 is 26.8 Å². The van der Waals surface area contributed by atoms with E-state index in [-0.39, 0.29) is 11.3 Å². The van der Waals surface area contributed by atoms with E-state index in [4.69, 9.17) is 0 Å². The van der Waals surface area contributed by atoms with Gasteiger partial charge in [-0.05, 0) is 42.8 Å². The van der Waals surface area contributed by atoms with Crippen LogP contribution in [0.1, 0.15) is 5.56 Å². The topological polar surface area (TPSA) is 62.3 Å². The number of rotatable bonds is 4. The van der Waals surface area contributed by atoms with E-state index in [0.717, 1.165) is 21.3 Å². The largest absolute Gasteiger partial charge is 0.301 e. The molecule has 0 spiro atoms. The highest BCUT2D eigenvalue weighted by molar-refractivity contribution is 7.90. The molecule has 2 aromatic carbocycles. The Labute approximate surface area is 150 Å². The van der Waals surface area contributed by atoms with Gasteiger partial charge in [-0.15, -0.1) is 0 Å². The van der Waals surface area contributed by atoms with E-state index >= 15 is 0 Å². The summed E-state index contributed by atoms with van der Waals surface area (Å²) in [5.74, 6) is -1.92. The summed E-state index contributed by atoms with van der Waals surface area (Å²) in [5, 5.41) is 0.790. The lowest BCUT2D eigenvalue weighted by atomic mass is 10.0. The molecule has 26 heavy (non-hydrogen) atoms. The van der Waals surface area contributed by atoms with Crippen LogP contribution in [0.2, 0.25) is 0 Å². The Hall–Kier alpha value is -2.58. The number of hydrogen-bond donors (Lipinski definition) is 1. The molecule has 3 rings (SSSR count). The van der Waals surface area contributed by atoms with Crippen LogP contribution in [0, 0.1) is 18.6 Å². The zero-order valence-electron chi connectivity index (χ0n) is 14.4. The molecule has 0 aliphatic carbocycles. The fourth-order valence-electron chi connectivity index (χ4n) is 2.55. The van der Waals surface area contributed by atoms with Gasteiger partial charge in [0, 0.05) is 25.0 Å². The Morgan fingerprint density at radius 3 is 2.50 bits per heavy atom. The van der Waals surface area contributed by atoms with E-state index in [1.807, 2.05) is 6.92 Å². The van der Waals surface area contributed by atoms with Crippen LogP contribution < -0.4 is 4.72 Å². The first-order valence-electron chi connectivity index (χ1n) is 7.75. The van der Waals surface area contributed by atoms with Crippen LogP contribution in [0.4, 0.5) is 14.5 Å². The Morgan fingerprint density at radius 2 is 1.81 bits per heavy atom. The number of anilines is 1. The van der Waals surface area contributed by atoms with Crippen molar-refractivity contribution in [3.05, 3.63) is 59.7 Å². The normalized spacial score (nSPS) is 11.9. The number of aromatic nitrogens is 1. The molecule has 0 amide bonds. The van der Waals surface area contributed by atoms with E-state index in [1.165, 1.54) is 26.2 Å². The minimum Gasteiger partial charge on any atom is -0.271 e. The predicted octanol–water partition coefficient (Wildman–Crippen LogP) is 3.71. The van der Waals surface area contributed by atoms with Crippen molar-refractivity contribution in [2.24, 2.45) is 0 Å². The first-order chi connectivity index (χ1) is 12.2. The Morgan fingerprint density at radius 1 is 1.08 bits per heavy atom. The summed E-state index contributed by atoms with van der Waals surface area (Å²) in [6.07, 6.45) is 0. The van der Waals surface area contributed by atoms with Gasteiger partial charge >= 0.3 is 10.2 Å². The zero-order chi connectivity index (χ0) is 19.1. The fraction of sp³-hybridized carbons (Fsp3) is 0.167. The molecule has 0 fully saturated rings. The maximum Gasteiger partial charge on any atom is 0.301 e. The summed E-state index contributed by atoms with van der Waals surface area (Å²) in [5.41, 5.74) is 1.95. The molecule has 8 heteroatoms. The number of fused-ring (bicyclic) bond motifs is 1. The summed E-state index contributed by atoms with van der Waals surface area (Å²) < 4.78 is 55.1. The lowest BCUT2D eigenvalue weighted by Crippen LogP contribution is -2.28. The summed E-state index contributed by atoms with van der Waals surface area (Å²) >= 11 is 0. The van der Waals surface area contributed by atoms with Crippen molar-refractivity contribution in [1.29, 1.82) is 0 Å². The highest BCUT2D eigenvalue weighted by Gasteiger charge is 2.15. The number of hydrogen-bond acceptors (Lipinski definition) is 3. The predicted molar refractivity (Wildman–Crippen MR) is 98.1 cm³/mol. The third-order valence-electron chi connectivity index (χ3n) is 3.97. The van der Waals surface area contributed by atoms with Crippen molar-refractivity contribution in [2.75, 3.05) is 18.8 Å². The second-order valence-corrected chi connectivity index (χ2v) is 7.93. The molecule has 3 aromatic rings. The van der Waals surface area contributed by atoms with Gasteiger partial charge in [0.2, 0.25) is 0 Å². The molecule has 136 valence electrons. The minimum atomic E-state index is -3.66. The third-order valence-corrected chi connectivity index (χ3v) is 5.43. The molecule has 0 radical (unpaired) electrons. The standard InChI is InChI=1S/C18H17F2N3O2S/c1-11-9-16(14-5-4-6-15(19)18(14)20)21-17-10-12(7-8-13(11)17)22-26(24,25)23(2)3/h4-10,22H,1-3H3. The molecule has 0 saturated heterocycles. The van der Waals surface area contributed by atoms with Crippen LogP contribution in [-0.4, -0.2) is 31.8 Å². The van der Waals surface area contributed by atoms with Gasteiger partial charge in [0.1, 0.15) is 0 Å². The first-order valence-corrected chi connectivity index (χ1v) is 9.19. The van der Waals surface area contributed by atoms with E-state index in [2.05, 4.69) is 9.71 Å². The lowest BCUT2D eigenvalue weighted by molar-refractivity contribution is 0.511. The van der Waals surface area contributed by atoms with Gasteiger partial charge in [-0.25, -0.2) is 13.8 Å². The maximum atomic E-state index is 14.1. The van der Waals surface area contributed by atoms with E-state index in [9.17, 15) is 17.2 Å². The monoisotopic (exact) mass is 377 g/mol. The number of nitrogens with zero attached hydrogens (tertiary/aromatic N) is 2. The van der Waals surface area contributed by atoms with Crippen LogP contribution in [0.3, 0.4) is 0 Å². The molecule has 0 aliphatic rings. The smallest absolute Gasteiger partial charge is 0.271 e. The first kappa shape index (κ1) is 18.2. The lowest BCUT2D eigenvalue weighted by Gasteiger charge is -2.14. The summed E-state index contributed by atoms with van der Waals surface area (Å²) in [6, 6.07) is 10.5. The van der Waals surface area contributed by atoms with Crippen LogP contribution in [0.25, 0.3) is 22.2 Å². The summed E-state index contributed by atoms with van der Waals surface area (Å²) in [4.78, 5) is 4.39. The molecule has 0 atom stereocenters. The van der Waals surface area contributed by atoms with Crippen molar-refractivity contribution < 1.29 is 17.2 Å². The zero-order valence-corrected chi connectivity index (χ0v) is 15.2. The summed E-state index contributed by atoms with van der Waals surface area (Å²) in [7, 11) is -0.832. The quantitative estimate of drug-likeness (QED) is 0.754. The van der Waals surface area contributed by atoms with Gasteiger partial charge in [0.25, 0.3) is 0 Å². The number of nitrogens with one attached hydrogen (secondary N) is 1. The average molecular weight is 377 g/mol. The highest BCUT2D eigenvalue weighted by atomic mass is 32.2.